The molecule has 0 saturated carbocycles. The lowest BCUT2D eigenvalue weighted by Gasteiger charge is -2.20. The summed E-state index contributed by atoms with van der Waals surface area (Å²) in [7, 11) is 0. The summed E-state index contributed by atoms with van der Waals surface area (Å²) in [6, 6.07) is 5.68. The molecule has 0 radical (unpaired) electrons. The summed E-state index contributed by atoms with van der Waals surface area (Å²) in [5.41, 5.74) is 1.76. The van der Waals surface area contributed by atoms with E-state index in [1.165, 1.54) is 25.9 Å². The van der Waals surface area contributed by atoms with Crippen molar-refractivity contribution in [2.24, 2.45) is 0 Å². The molecule has 1 atom stereocenters. The molecule has 1 aliphatic heterocycles. The lowest BCUT2D eigenvalue weighted by atomic mass is 10.1. The SMILES string of the molecule is CCCN1CCCC(Nc2cc(C)ccc2F)CC1. The van der Waals surface area contributed by atoms with E-state index in [9.17, 15) is 4.39 Å². The minimum atomic E-state index is -0.139. The molecule has 3 heteroatoms. The molecule has 1 unspecified atom stereocenters. The summed E-state index contributed by atoms with van der Waals surface area (Å²) in [4.78, 5) is 2.52. The van der Waals surface area contributed by atoms with E-state index < -0.39 is 0 Å². The van der Waals surface area contributed by atoms with Crippen molar-refractivity contribution in [3.05, 3.63) is 29.6 Å². The zero-order valence-electron chi connectivity index (χ0n) is 12.1. The summed E-state index contributed by atoms with van der Waals surface area (Å²) in [6.45, 7) is 7.72. The van der Waals surface area contributed by atoms with Crippen molar-refractivity contribution in [3.8, 4) is 0 Å². The third-order valence-corrected chi connectivity index (χ3v) is 3.84. The van der Waals surface area contributed by atoms with Crippen LogP contribution in [0.4, 0.5) is 10.1 Å². The van der Waals surface area contributed by atoms with E-state index in [4.69, 9.17) is 0 Å². The third-order valence-electron chi connectivity index (χ3n) is 3.84. The molecule has 0 amide bonds. The molecule has 1 fully saturated rings. The van der Waals surface area contributed by atoms with Crippen molar-refractivity contribution in [2.75, 3.05) is 25.0 Å². The summed E-state index contributed by atoms with van der Waals surface area (Å²) in [5.74, 6) is -0.139. The molecule has 2 nitrogen and oxygen atoms in total. The highest BCUT2D eigenvalue weighted by Gasteiger charge is 2.17. The topological polar surface area (TPSA) is 15.3 Å². The largest absolute Gasteiger partial charge is 0.380 e. The number of nitrogens with one attached hydrogen (secondary N) is 1. The van der Waals surface area contributed by atoms with E-state index in [1.54, 1.807) is 6.07 Å². The van der Waals surface area contributed by atoms with Crippen LogP contribution in [0.3, 0.4) is 0 Å². The molecule has 106 valence electrons. The average Bonchev–Trinajstić information content (AvgIpc) is 2.60. The summed E-state index contributed by atoms with van der Waals surface area (Å²) in [6.07, 6.45) is 4.65. The van der Waals surface area contributed by atoms with Crippen LogP contribution >= 0.6 is 0 Å². The van der Waals surface area contributed by atoms with Crippen LogP contribution in [0.25, 0.3) is 0 Å². The standard InChI is InChI=1S/C16H25FN2/c1-3-9-19-10-4-5-14(8-11-19)18-16-12-13(2)6-7-15(16)17/h6-7,12,14,18H,3-5,8-11H2,1-2H3. The fourth-order valence-electron chi connectivity index (χ4n) is 2.81. The highest BCUT2D eigenvalue weighted by molar-refractivity contribution is 5.47. The van der Waals surface area contributed by atoms with Gasteiger partial charge in [0.05, 0.1) is 5.69 Å². The average molecular weight is 264 g/mol. The Bertz CT molecular complexity index is 406. The molecule has 19 heavy (non-hydrogen) atoms. The van der Waals surface area contributed by atoms with Gasteiger partial charge in [0.15, 0.2) is 0 Å². The van der Waals surface area contributed by atoms with Crippen molar-refractivity contribution < 1.29 is 4.39 Å². The van der Waals surface area contributed by atoms with E-state index in [1.807, 2.05) is 19.1 Å². The number of nitrogens with zero attached hydrogens (tertiary/aromatic N) is 1. The molecule has 2 rings (SSSR count). The van der Waals surface area contributed by atoms with Gasteiger partial charge in [-0.1, -0.05) is 13.0 Å². The van der Waals surface area contributed by atoms with Gasteiger partial charge in [0.2, 0.25) is 0 Å². The smallest absolute Gasteiger partial charge is 0.146 e. The van der Waals surface area contributed by atoms with Crippen molar-refractivity contribution >= 4 is 5.69 Å². The van der Waals surface area contributed by atoms with Crippen LogP contribution in [0.15, 0.2) is 18.2 Å². The van der Waals surface area contributed by atoms with Gasteiger partial charge >= 0.3 is 0 Å². The van der Waals surface area contributed by atoms with Gasteiger partial charge in [-0.25, -0.2) is 4.39 Å². The number of halogens is 1. The fourth-order valence-corrected chi connectivity index (χ4v) is 2.81. The lowest BCUT2D eigenvalue weighted by Crippen LogP contribution is -2.27. The minimum Gasteiger partial charge on any atom is -0.380 e. The van der Waals surface area contributed by atoms with Crippen molar-refractivity contribution in [2.45, 2.75) is 45.6 Å². The Labute approximate surface area is 116 Å². The van der Waals surface area contributed by atoms with E-state index >= 15 is 0 Å². The second-order valence-electron chi connectivity index (χ2n) is 5.60. The highest BCUT2D eigenvalue weighted by atomic mass is 19.1. The van der Waals surface area contributed by atoms with Gasteiger partial charge in [0, 0.05) is 12.6 Å². The minimum absolute atomic E-state index is 0.139. The number of rotatable bonds is 4. The van der Waals surface area contributed by atoms with Crippen LogP contribution in [-0.2, 0) is 0 Å². The van der Waals surface area contributed by atoms with Crippen LogP contribution in [0.2, 0.25) is 0 Å². The van der Waals surface area contributed by atoms with Crippen LogP contribution in [0.5, 0.6) is 0 Å². The Balaban J connectivity index is 1.94. The Morgan fingerprint density at radius 1 is 1.32 bits per heavy atom. The van der Waals surface area contributed by atoms with Gasteiger partial charge in [0.1, 0.15) is 5.82 Å². The molecule has 0 spiro atoms. The maximum Gasteiger partial charge on any atom is 0.146 e. The molecule has 1 saturated heterocycles. The first-order chi connectivity index (χ1) is 9.19. The second kappa shape index (κ2) is 6.90. The molecular weight excluding hydrogens is 239 g/mol. The zero-order chi connectivity index (χ0) is 13.7. The first-order valence-electron chi connectivity index (χ1n) is 7.44. The normalized spacial score (nSPS) is 21.1. The van der Waals surface area contributed by atoms with Crippen molar-refractivity contribution in [1.82, 2.24) is 4.90 Å². The number of hydrogen-bond donors (Lipinski definition) is 1. The third kappa shape index (κ3) is 4.20. The molecule has 0 bridgehead atoms. The molecule has 1 N–H and O–H groups in total. The predicted octanol–water partition coefficient (Wildman–Crippen LogP) is 3.81. The van der Waals surface area contributed by atoms with Gasteiger partial charge in [-0.15, -0.1) is 0 Å². The summed E-state index contributed by atoms with van der Waals surface area (Å²) >= 11 is 0. The number of hydrogen-bond acceptors (Lipinski definition) is 2. The molecule has 0 aliphatic carbocycles. The fraction of sp³-hybridized carbons (Fsp3) is 0.625. The Hall–Kier alpha value is -1.09. The Morgan fingerprint density at radius 2 is 2.16 bits per heavy atom. The number of anilines is 1. The Kier molecular flexibility index (Phi) is 5.20. The van der Waals surface area contributed by atoms with E-state index in [0.29, 0.717) is 11.7 Å². The van der Waals surface area contributed by atoms with Gasteiger partial charge in [-0.05, 0) is 63.4 Å². The van der Waals surface area contributed by atoms with Crippen LogP contribution < -0.4 is 5.32 Å². The van der Waals surface area contributed by atoms with E-state index in [2.05, 4.69) is 17.1 Å². The van der Waals surface area contributed by atoms with Gasteiger partial charge in [0.25, 0.3) is 0 Å². The molecule has 1 aromatic carbocycles. The monoisotopic (exact) mass is 264 g/mol. The maximum absolute atomic E-state index is 13.8. The van der Waals surface area contributed by atoms with Crippen molar-refractivity contribution in [1.29, 1.82) is 0 Å². The molecule has 0 aromatic heterocycles. The van der Waals surface area contributed by atoms with Gasteiger partial charge in [-0.2, -0.15) is 0 Å². The summed E-state index contributed by atoms with van der Waals surface area (Å²) in [5, 5.41) is 3.39. The molecule has 1 aromatic rings. The van der Waals surface area contributed by atoms with Crippen LogP contribution in [0.1, 0.15) is 38.2 Å². The van der Waals surface area contributed by atoms with Gasteiger partial charge in [-0.3, -0.25) is 0 Å². The van der Waals surface area contributed by atoms with E-state index in [0.717, 1.165) is 24.9 Å². The predicted molar refractivity (Wildman–Crippen MR) is 79.1 cm³/mol. The number of likely N-dealkylation sites (tertiary alicyclic amines) is 1. The molecule has 1 aliphatic rings. The summed E-state index contributed by atoms with van der Waals surface area (Å²) < 4.78 is 13.8. The lowest BCUT2D eigenvalue weighted by molar-refractivity contribution is 0.285. The first kappa shape index (κ1) is 14.3. The zero-order valence-corrected chi connectivity index (χ0v) is 12.1. The van der Waals surface area contributed by atoms with Crippen molar-refractivity contribution in [3.63, 3.8) is 0 Å². The maximum atomic E-state index is 13.8. The van der Waals surface area contributed by atoms with Crippen LogP contribution in [0, 0.1) is 12.7 Å². The van der Waals surface area contributed by atoms with Crippen LogP contribution in [-0.4, -0.2) is 30.6 Å². The number of benzene rings is 1. The first-order valence-corrected chi connectivity index (χ1v) is 7.44. The Morgan fingerprint density at radius 3 is 2.95 bits per heavy atom. The molecule has 1 heterocycles. The van der Waals surface area contributed by atoms with E-state index in [-0.39, 0.29) is 5.82 Å². The number of aryl methyl sites for hydroxylation is 1. The second-order valence-corrected chi connectivity index (χ2v) is 5.60. The highest BCUT2D eigenvalue weighted by Crippen LogP contribution is 2.20. The quantitative estimate of drug-likeness (QED) is 0.889. The van der Waals surface area contributed by atoms with Gasteiger partial charge < -0.3 is 10.2 Å². The molecular formula is C16H25FN2.